The molecule has 0 aliphatic rings. The molecule has 78 valence electrons. The van der Waals surface area contributed by atoms with Gasteiger partial charge in [-0.05, 0) is 19.1 Å². The molecular formula is C10H13N5. The van der Waals surface area contributed by atoms with E-state index >= 15 is 0 Å². The standard InChI is InChI=1S/C10H13N5/c1-8-4-3-5-9(13-8)11-6-10-14-12-7-15(10)2/h3-5,7H,6H2,1-2H3,(H,11,13). The SMILES string of the molecule is Cc1cccc(NCc2nncn2C)n1. The van der Waals surface area contributed by atoms with Gasteiger partial charge in [-0.1, -0.05) is 6.07 Å². The van der Waals surface area contributed by atoms with Gasteiger partial charge < -0.3 is 9.88 Å². The molecule has 0 aliphatic carbocycles. The summed E-state index contributed by atoms with van der Waals surface area (Å²) in [7, 11) is 1.92. The number of nitrogens with one attached hydrogen (secondary N) is 1. The zero-order valence-electron chi connectivity index (χ0n) is 8.81. The van der Waals surface area contributed by atoms with Crippen LogP contribution < -0.4 is 5.32 Å². The molecule has 5 nitrogen and oxygen atoms in total. The van der Waals surface area contributed by atoms with Crippen molar-refractivity contribution in [3.63, 3.8) is 0 Å². The summed E-state index contributed by atoms with van der Waals surface area (Å²) in [5.41, 5.74) is 0.998. The molecule has 0 radical (unpaired) electrons. The Bertz CT molecular complexity index is 449. The van der Waals surface area contributed by atoms with E-state index in [1.807, 2.05) is 36.7 Å². The fourth-order valence-corrected chi connectivity index (χ4v) is 1.28. The molecule has 0 fully saturated rings. The van der Waals surface area contributed by atoms with E-state index in [0.29, 0.717) is 6.54 Å². The highest BCUT2D eigenvalue weighted by Crippen LogP contribution is 2.05. The minimum absolute atomic E-state index is 0.632. The van der Waals surface area contributed by atoms with Crippen LogP contribution in [0.5, 0.6) is 0 Å². The van der Waals surface area contributed by atoms with Crippen molar-refractivity contribution in [2.75, 3.05) is 5.32 Å². The predicted molar refractivity (Wildman–Crippen MR) is 57.3 cm³/mol. The van der Waals surface area contributed by atoms with Crippen molar-refractivity contribution >= 4 is 5.82 Å². The molecule has 0 saturated heterocycles. The molecule has 0 bridgehead atoms. The summed E-state index contributed by atoms with van der Waals surface area (Å²) >= 11 is 0. The summed E-state index contributed by atoms with van der Waals surface area (Å²) in [6, 6.07) is 5.87. The van der Waals surface area contributed by atoms with Crippen molar-refractivity contribution in [1.82, 2.24) is 19.7 Å². The third kappa shape index (κ3) is 2.31. The van der Waals surface area contributed by atoms with Gasteiger partial charge in [-0.3, -0.25) is 0 Å². The molecule has 2 aromatic heterocycles. The zero-order chi connectivity index (χ0) is 10.7. The number of aryl methyl sites for hydroxylation is 2. The molecule has 1 N–H and O–H groups in total. The lowest BCUT2D eigenvalue weighted by molar-refractivity contribution is 0.810. The van der Waals surface area contributed by atoms with Gasteiger partial charge in [0.2, 0.25) is 0 Å². The Kier molecular flexibility index (Phi) is 2.62. The van der Waals surface area contributed by atoms with E-state index in [2.05, 4.69) is 20.5 Å². The van der Waals surface area contributed by atoms with E-state index in [9.17, 15) is 0 Å². The van der Waals surface area contributed by atoms with E-state index in [4.69, 9.17) is 0 Å². The van der Waals surface area contributed by atoms with Gasteiger partial charge in [0.15, 0.2) is 5.82 Å². The van der Waals surface area contributed by atoms with Gasteiger partial charge in [0.25, 0.3) is 0 Å². The molecule has 0 spiro atoms. The van der Waals surface area contributed by atoms with Crippen LogP contribution in [0.2, 0.25) is 0 Å². The summed E-state index contributed by atoms with van der Waals surface area (Å²) in [5.74, 6) is 1.75. The quantitative estimate of drug-likeness (QED) is 0.812. The Hall–Kier alpha value is -1.91. The monoisotopic (exact) mass is 203 g/mol. The van der Waals surface area contributed by atoms with E-state index in [1.54, 1.807) is 6.33 Å². The smallest absolute Gasteiger partial charge is 0.151 e. The largest absolute Gasteiger partial charge is 0.363 e. The lowest BCUT2D eigenvalue weighted by Crippen LogP contribution is -2.06. The Morgan fingerprint density at radius 3 is 2.93 bits per heavy atom. The summed E-state index contributed by atoms with van der Waals surface area (Å²) < 4.78 is 1.88. The van der Waals surface area contributed by atoms with Crippen molar-refractivity contribution in [1.29, 1.82) is 0 Å². The van der Waals surface area contributed by atoms with Crippen LogP contribution in [0.25, 0.3) is 0 Å². The van der Waals surface area contributed by atoms with Crippen LogP contribution >= 0.6 is 0 Å². The topological polar surface area (TPSA) is 55.6 Å². The Labute approximate surface area is 88.2 Å². The summed E-state index contributed by atoms with van der Waals surface area (Å²) in [4.78, 5) is 4.33. The van der Waals surface area contributed by atoms with Crippen LogP contribution in [0, 0.1) is 6.92 Å². The van der Waals surface area contributed by atoms with E-state index < -0.39 is 0 Å². The van der Waals surface area contributed by atoms with Crippen molar-refractivity contribution in [3.05, 3.63) is 36.0 Å². The second kappa shape index (κ2) is 4.08. The van der Waals surface area contributed by atoms with Crippen LogP contribution in [0.4, 0.5) is 5.82 Å². The van der Waals surface area contributed by atoms with Gasteiger partial charge in [0.05, 0.1) is 6.54 Å². The first-order chi connectivity index (χ1) is 7.25. The number of pyridine rings is 1. The second-order valence-electron chi connectivity index (χ2n) is 3.38. The molecule has 15 heavy (non-hydrogen) atoms. The number of hydrogen-bond donors (Lipinski definition) is 1. The molecule has 0 amide bonds. The fourth-order valence-electron chi connectivity index (χ4n) is 1.28. The van der Waals surface area contributed by atoms with Gasteiger partial charge in [-0.2, -0.15) is 0 Å². The maximum absolute atomic E-state index is 4.33. The van der Waals surface area contributed by atoms with Gasteiger partial charge in [-0.25, -0.2) is 4.98 Å². The molecular weight excluding hydrogens is 190 g/mol. The highest BCUT2D eigenvalue weighted by atomic mass is 15.3. The number of nitrogens with zero attached hydrogens (tertiary/aromatic N) is 4. The third-order valence-electron chi connectivity index (χ3n) is 2.12. The minimum Gasteiger partial charge on any atom is -0.363 e. The van der Waals surface area contributed by atoms with Gasteiger partial charge in [-0.15, -0.1) is 10.2 Å². The van der Waals surface area contributed by atoms with Crippen LogP contribution in [0.15, 0.2) is 24.5 Å². The number of hydrogen-bond acceptors (Lipinski definition) is 4. The molecule has 0 unspecified atom stereocenters. The molecule has 0 aromatic carbocycles. The van der Waals surface area contributed by atoms with Crippen molar-refractivity contribution in [3.8, 4) is 0 Å². The maximum Gasteiger partial charge on any atom is 0.151 e. The number of rotatable bonds is 3. The van der Waals surface area contributed by atoms with Crippen molar-refractivity contribution in [2.24, 2.45) is 7.05 Å². The highest BCUT2D eigenvalue weighted by Gasteiger charge is 2.00. The molecule has 2 heterocycles. The van der Waals surface area contributed by atoms with Crippen molar-refractivity contribution < 1.29 is 0 Å². The Balaban J connectivity index is 2.02. The lowest BCUT2D eigenvalue weighted by Gasteiger charge is -2.05. The summed E-state index contributed by atoms with van der Waals surface area (Å²) in [5, 5.41) is 11.0. The second-order valence-corrected chi connectivity index (χ2v) is 3.38. The number of aromatic nitrogens is 4. The third-order valence-corrected chi connectivity index (χ3v) is 2.12. The maximum atomic E-state index is 4.33. The van der Waals surface area contributed by atoms with Crippen LogP contribution in [0.3, 0.4) is 0 Å². The average Bonchev–Trinajstić information content (AvgIpc) is 2.61. The first-order valence-electron chi connectivity index (χ1n) is 4.76. The van der Waals surface area contributed by atoms with Gasteiger partial charge >= 0.3 is 0 Å². The van der Waals surface area contributed by atoms with Gasteiger partial charge in [0, 0.05) is 12.7 Å². The molecule has 2 aromatic rings. The predicted octanol–water partition coefficient (Wildman–Crippen LogP) is 1.13. The van der Waals surface area contributed by atoms with Crippen LogP contribution in [0.1, 0.15) is 11.5 Å². The van der Waals surface area contributed by atoms with Crippen LogP contribution in [-0.2, 0) is 13.6 Å². The van der Waals surface area contributed by atoms with E-state index in [1.165, 1.54) is 0 Å². The highest BCUT2D eigenvalue weighted by molar-refractivity contribution is 5.35. The molecule has 0 saturated carbocycles. The van der Waals surface area contributed by atoms with Crippen LogP contribution in [-0.4, -0.2) is 19.7 Å². The Morgan fingerprint density at radius 1 is 1.40 bits per heavy atom. The first kappa shape index (κ1) is 9.64. The zero-order valence-corrected chi connectivity index (χ0v) is 8.81. The average molecular weight is 203 g/mol. The normalized spacial score (nSPS) is 10.3. The van der Waals surface area contributed by atoms with Crippen molar-refractivity contribution in [2.45, 2.75) is 13.5 Å². The van der Waals surface area contributed by atoms with E-state index in [-0.39, 0.29) is 0 Å². The molecule has 5 heteroatoms. The summed E-state index contributed by atoms with van der Waals surface area (Å²) in [6.45, 7) is 2.60. The molecule has 2 rings (SSSR count). The fraction of sp³-hybridized carbons (Fsp3) is 0.300. The molecule has 0 atom stereocenters. The van der Waals surface area contributed by atoms with Gasteiger partial charge in [0.1, 0.15) is 12.1 Å². The number of anilines is 1. The lowest BCUT2D eigenvalue weighted by atomic mass is 10.4. The van der Waals surface area contributed by atoms with E-state index in [0.717, 1.165) is 17.3 Å². The Morgan fingerprint density at radius 2 is 2.27 bits per heavy atom. The minimum atomic E-state index is 0.632. The summed E-state index contributed by atoms with van der Waals surface area (Å²) in [6.07, 6.45) is 1.68. The first-order valence-corrected chi connectivity index (χ1v) is 4.76. The molecule has 0 aliphatic heterocycles.